The maximum Gasteiger partial charge on any atom is 0.393 e. The summed E-state index contributed by atoms with van der Waals surface area (Å²) in [5.74, 6) is -10.2. The fourth-order valence-corrected chi connectivity index (χ4v) is 17.5. The Morgan fingerprint density at radius 1 is 0.569 bits per heavy atom. The molecular weight excluding hydrogens is 1340 g/mol. The maximum absolute atomic E-state index is 15.9. The van der Waals surface area contributed by atoms with Crippen molar-refractivity contribution in [2.24, 2.45) is 29.6 Å². The van der Waals surface area contributed by atoms with E-state index in [2.05, 4.69) is 16.0 Å². The summed E-state index contributed by atoms with van der Waals surface area (Å²) in [6.07, 6.45) is 10.1. The number of nitrogens with one attached hydrogen (secondary N) is 3. The van der Waals surface area contributed by atoms with Crippen LogP contribution < -0.4 is 16.0 Å². The van der Waals surface area contributed by atoms with Gasteiger partial charge in [-0.3, -0.25) is 57.5 Å². The third-order valence-electron chi connectivity index (χ3n) is 23.8. The van der Waals surface area contributed by atoms with Crippen molar-refractivity contribution in [2.45, 2.75) is 279 Å². The van der Waals surface area contributed by atoms with Crippen LogP contribution in [-0.4, -0.2) is 263 Å². The summed E-state index contributed by atoms with van der Waals surface area (Å²) < 4.78 is 42.1. The molecule has 24 nitrogen and oxygen atoms in total. The van der Waals surface area contributed by atoms with E-state index in [9.17, 15) is 41.9 Å². The van der Waals surface area contributed by atoms with E-state index in [-0.39, 0.29) is 88.5 Å². The van der Waals surface area contributed by atoms with E-state index in [0.29, 0.717) is 77.3 Å². The number of likely N-dealkylation sites (tertiary alicyclic amines) is 1. The lowest BCUT2D eigenvalue weighted by atomic mass is 9.78. The lowest BCUT2D eigenvalue weighted by Gasteiger charge is -2.43. The van der Waals surface area contributed by atoms with Crippen molar-refractivity contribution >= 4 is 82.5 Å². The molecule has 28 heteroatoms. The molecule has 3 N–H and O–H groups in total. The Labute approximate surface area is 608 Å². The molecule has 7 rings (SSSR count). The number of fused-ring (bicyclic) bond motifs is 1. The Balaban J connectivity index is 1.28. The number of carbonyl (C=O) groups is 12. The highest BCUT2D eigenvalue weighted by molar-refractivity contribution is 6.21. The number of piperidine rings is 1. The number of alkyl halides is 4. The van der Waals surface area contributed by atoms with Crippen LogP contribution in [0.5, 0.6) is 0 Å². The van der Waals surface area contributed by atoms with Gasteiger partial charge in [0.1, 0.15) is 47.8 Å². The maximum atomic E-state index is 15.9. The quantitative estimate of drug-likeness (QED) is 0.124. The molecule has 0 bridgehead atoms. The number of unbranched alkanes of at least 4 members (excludes halogenated alkanes) is 2. The Morgan fingerprint density at radius 3 is 1.79 bits per heavy atom. The van der Waals surface area contributed by atoms with Gasteiger partial charge < -0.3 is 60.0 Å². The van der Waals surface area contributed by atoms with E-state index in [4.69, 9.17) is 11.6 Å². The minimum absolute atomic E-state index is 0.00379. The van der Waals surface area contributed by atoms with Gasteiger partial charge in [0.15, 0.2) is 0 Å². The van der Waals surface area contributed by atoms with Gasteiger partial charge in [-0.15, -0.1) is 11.6 Å². The van der Waals surface area contributed by atoms with Crippen molar-refractivity contribution in [3.8, 4) is 0 Å². The van der Waals surface area contributed by atoms with Crippen molar-refractivity contribution < 1.29 is 70.7 Å². The molecule has 102 heavy (non-hydrogen) atoms. The third-order valence-corrected chi connectivity index (χ3v) is 24.3. The molecule has 0 aromatic heterocycles. The molecule has 3 heterocycles. The first-order valence-electron chi connectivity index (χ1n) is 38.3. The number of hydrogen-bond acceptors (Lipinski definition) is 12. The molecule has 7 aliphatic rings. The lowest BCUT2D eigenvalue weighted by Crippen LogP contribution is -2.65. The molecule has 12 amide bonds. The van der Waals surface area contributed by atoms with Crippen LogP contribution in [0.1, 0.15) is 220 Å². The van der Waals surface area contributed by atoms with E-state index in [0.717, 1.165) is 69.1 Å². The van der Waals surface area contributed by atoms with Gasteiger partial charge >= 0.3 is 6.18 Å². The van der Waals surface area contributed by atoms with Crippen molar-refractivity contribution in [2.75, 3.05) is 88.6 Å². The van der Waals surface area contributed by atoms with Crippen LogP contribution in [0.2, 0.25) is 0 Å². The van der Waals surface area contributed by atoms with Crippen LogP contribution in [-0.2, 0) is 57.5 Å². The van der Waals surface area contributed by atoms with Gasteiger partial charge in [0, 0.05) is 74.3 Å². The summed E-state index contributed by atoms with van der Waals surface area (Å²) in [4.78, 5) is 192. The Kier molecular flexibility index (Phi) is 31.0. The molecule has 4 saturated carbocycles. The van der Waals surface area contributed by atoms with Gasteiger partial charge in [0.05, 0.1) is 32.0 Å². The van der Waals surface area contributed by atoms with Gasteiger partial charge in [-0.1, -0.05) is 111 Å². The van der Waals surface area contributed by atoms with E-state index < -0.39 is 168 Å². The zero-order valence-electron chi connectivity index (χ0n) is 62.6. The van der Waals surface area contributed by atoms with Crippen molar-refractivity contribution in [1.29, 1.82) is 0 Å². The largest absolute Gasteiger partial charge is 0.393 e. The first kappa shape index (κ1) is 83.0. The van der Waals surface area contributed by atoms with Crippen molar-refractivity contribution in [3.63, 3.8) is 0 Å². The van der Waals surface area contributed by atoms with Crippen molar-refractivity contribution in [3.05, 3.63) is 0 Å². The van der Waals surface area contributed by atoms with E-state index in [1.165, 1.54) is 76.6 Å². The number of hydrogen-bond donors (Lipinski definition) is 3. The van der Waals surface area contributed by atoms with E-state index in [1.807, 2.05) is 13.8 Å². The molecule has 3 unspecified atom stereocenters. The SMILES string of the molecule is CCCCC[C@H]1C(=O)N[C@@H]([C@@H](C)CC)C(=O)N(C)CC(=O)N(C)CC(=O)N(C)[C@@H](CC2CCCCC2)C(=O)N(C)CC(=O)N[C@@H](CCC2CCC(C(F)(F)F)C(Cl)C2)C(=O)N2CCC[C@H]2C(=O)NC2(CCCC2)C(=O)N(C)[C@@H](C2CCCCC2)C(=O)N(C)[C@H](C(=O)N2CCCCC2)CC(=O)N1C. The Bertz CT molecular complexity index is 2920. The highest BCUT2D eigenvalue weighted by Gasteiger charge is 2.52. The molecular formula is C74H120ClF3N12O12. The number of halogens is 4. The molecule has 7 fully saturated rings. The standard InChI is InChI=1S/C74H120ClF3N12O12/c1-11-13-17-31-55-65(95)80-63(48(3)12-2)70(100)84(6)46-61(93)82(4)47-62(94)86(8)57(43-49-27-18-14-19-28-49)68(98)83(5)45-59(91)79-54(36-34-50-33-35-52(53(75)42-50)74(76,77)78)67(97)90-41-26-32-56(90)66(96)81-73(37-22-23-38-73)72(102)88(10)64(51-29-20-15-21-30-51)71(101)87(9)58(44-60(92)85(55)7)69(99)89-39-24-16-25-40-89/h48-58,63-64H,11-47H2,1-10H3,(H,79,91)(H,80,95)(H,81,96)/t48-,50?,52?,53?,54-,55-,56-,57-,58-,63-,64-/m0/s1. The molecule has 0 radical (unpaired) electrons. The van der Waals surface area contributed by atoms with Gasteiger partial charge in [-0.25, -0.2) is 0 Å². The summed E-state index contributed by atoms with van der Waals surface area (Å²) in [5.41, 5.74) is -1.55. The van der Waals surface area contributed by atoms with Crippen LogP contribution in [0.25, 0.3) is 0 Å². The predicted octanol–water partition coefficient (Wildman–Crippen LogP) is 7.02. The summed E-state index contributed by atoms with van der Waals surface area (Å²) in [7, 11) is 10.2. The van der Waals surface area contributed by atoms with Crippen LogP contribution in [0.15, 0.2) is 0 Å². The number of amides is 12. The zero-order chi connectivity index (χ0) is 74.9. The summed E-state index contributed by atoms with van der Waals surface area (Å²) in [6, 6.07) is -8.46. The number of carbonyl (C=O) groups excluding carboxylic acids is 12. The van der Waals surface area contributed by atoms with Gasteiger partial charge in [0.25, 0.3) is 0 Å². The average Bonchev–Trinajstić information content (AvgIpc) is 1.32. The number of likely N-dealkylation sites (N-methyl/N-ethyl adjacent to an activating group) is 7. The zero-order valence-corrected chi connectivity index (χ0v) is 63.4. The van der Waals surface area contributed by atoms with Crippen molar-refractivity contribution in [1.82, 2.24) is 60.0 Å². The third kappa shape index (κ3) is 21.2. The average molecular weight is 1460 g/mol. The summed E-state index contributed by atoms with van der Waals surface area (Å²) >= 11 is 6.42. The molecule has 0 aromatic rings. The van der Waals surface area contributed by atoms with E-state index in [1.54, 1.807) is 18.9 Å². The van der Waals surface area contributed by atoms with Crippen LogP contribution >= 0.6 is 11.6 Å². The molecule has 3 aliphatic heterocycles. The van der Waals surface area contributed by atoms with Crippen LogP contribution in [0, 0.1) is 29.6 Å². The molecule has 4 aliphatic carbocycles. The normalized spacial score (nSPS) is 29.7. The first-order valence-corrected chi connectivity index (χ1v) is 38.8. The monoisotopic (exact) mass is 1460 g/mol. The van der Waals surface area contributed by atoms with Crippen LogP contribution in [0.3, 0.4) is 0 Å². The predicted molar refractivity (Wildman–Crippen MR) is 379 cm³/mol. The molecule has 11 atom stereocenters. The topological polar surface area (TPSA) is 270 Å². The minimum atomic E-state index is -4.51. The van der Waals surface area contributed by atoms with Crippen LogP contribution in [0.4, 0.5) is 13.2 Å². The highest BCUT2D eigenvalue weighted by atomic mass is 35.5. The smallest absolute Gasteiger partial charge is 0.343 e. The summed E-state index contributed by atoms with van der Waals surface area (Å²) in [5, 5.41) is 7.68. The molecule has 576 valence electrons. The second-order valence-electron chi connectivity index (χ2n) is 31.1. The number of rotatable bonds is 13. The second-order valence-corrected chi connectivity index (χ2v) is 31.7. The minimum Gasteiger partial charge on any atom is -0.343 e. The van der Waals surface area contributed by atoms with Gasteiger partial charge in [-0.2, -0.15) is 13.2 Å². The van der Waals surface area contributed by atoms with Gasteiger partial charge in [0.2, 0.25) is 70.9 Å². The van der Waals surface area contributed by atoms with E-state index >= 15 is 28.8 Å². The van der Waals surface area contributed by atoms with Gasteiger partial charge in [-0.05, 0) is 126 Å². The summed E-state index contributed by atoms with van der Waals surface area (Å²) in [6.45, 7) is 4.87. The number of nitrogens with zero attached hydrogens (tertiary/aromatic N) is 9. The molecule has 0 aromatic carbocycles. The second kappa shape index (κ2) is 38.1. The lowest BCUT2D eigenvalue weighted by molar-refractivity contribution is -0.182. The molecule has 1 spiro atoms. The Hall–Kier alpha value is -6.28. The molecule has 3 saturated heterocycles. The first-order chi connectivity index (χ1) is 48.3. The fourth-order valence-electron chi connectivity index (χ4n) is 17.0. The highest BCUT2D eigenvalue weighted by Crippen LogP contribution is 2.44. The Morgan fingerprint density at radius 2 is 1.18 bits per heavy atom. The fraction of sp³-hybridized carbons (Fsp3) is 0.838.